The molecule has 2 aromatic heterocycles. The molecular weight excluding hydrogens is 422 g/mol. The molecule has 3 rings (SSSR count). The average molecular weight is 452 g/mol. The second-order valence-corrected chi connectivity index (χ2v) is 9.40. The third-order valence-electron chi connectivity index (χ3n) is 5.08. The number of fused-ring (bicyclic) bond motifs is 1. The van der Waals surface area contributed by atoms with Gasteiger partial charge >= 0.3 is 0 Å². The summed E-state index contributed by atoms with van der Waals surface area (Å²) in [7, 11) is 0. The standard InChI is InChI=1S/C24H29N5O2S/c1-16-9-10-18-7-6-8-21(22(18)26-16)29-31-15-24(3,4)14-30-28-17(2)20-12-11-19(13-25)23(27-20)32-5/h9-12H,6-8,14-15H2,1-5H3/b28-17-,29-21+. The smallest absolute Gasteiger partial charge is 0.125 e. The quantitative estimate of drug-likeness (QED) is 0.322. The summed E-state index contributed by atoms with van der Waals surface area (Å²) in [6, 6.07) is 9.86. The minimum Gasteiger partial charge on any atom is -0.395 e. The first-order valence-corrected chi connectivity index (χ1v) is 11.8. The fourth-order valence-electron chi connectivity index (χ4n) is 3.25. The Kier molecular flexibility index (Phi) is 7.86. The SMILES string of the molecule is CSc1nc(/C(C)=N\OCC(C)(C)CO/N=C2\CCCc3ccc(C)nc32)ccc1C#N. The Morgan fingerprint density at radius 1 is 1.16 bits per heavy atom. The summed E-state index contributed by atoms with van der Waals surface area (Å²) in [5.41, 5.74) is 5.71. The second kappa shape index (κ2) is 10.6. The van der Waals surface area contributed by atoms with E-state index in [9.17, 15) is 0 Å². The van der Waals surface area contributed by atoms with Gasteiger partial charge in [-0.15, -0.1) is 11.8 Å². The molecule has 0 aliphatic heterocycles. The van der Waals surface area contributed by atoms with E-state index in [1.165, 1.54) is 17.3 Å². The first kappa shape index (κ1) is 23.7. The Hall–Kier alpha value is -2.92. The summed E-state index contributed by atoms with van der Waals surface area (Å²) in [4.78, 5) is 20.4. The van der Waals surface area contributed by atoms with Crippen LogP contribution >= 0.6 is 11.8 Å². The van der Waals surface area contributed by atoms with Crippen molar-refractivity contribution in [2.45, 2.75) is 52.0 Å². The van der Waals surface area contributed by atoms with Gasteiger partial charge < -0.3 is 9.68 Å². The van der Waals surface area contributed by atoms with E-state index in [2.05, 4.69) is 32.4 Å². The minimum atomic E-state index is -0.284. The van der Waals surface area contributed by atoms with Crippen LogP contribution in [0.2, 0.25) is 0 Å². The highest BCUT2D eigenvalue weighted by Crippen LogP contribution is 2.22. The number of nitrogens with zero attached hydrogens (tertiary/aromatic N) is 5. The Bertz CT molecular complexity index is 1070. The maximum atomic E-state index is 9.14. The number of hydrogen-bond donors (Lipinski definition) is 0. The van der Waals surface area contributed by atoms with E-state index >= 15 is 0 Å². The van der Waals surface area contributed by atoms with Crippen LogP contribution in [0.25, 0.3) is 0 Å². The molecule has 1 aliphatic carbocycles. The van der Waals surface area contributed by atoms with Gasteiger partial charge in [-0.25, -0.2) is 4.98 Å². The van der Waals surface area contributed by atoms with Gasteiger partial charge in [-0.3, -0.25) is 4.98 Å². The van der Waals surface area contributed by atoms with Gasteiger partial charge in [0, 0.05) is 11.1 Å². The lowest BCUT2D eigenvalue weighted by Gasteiger charge is -2.22. The van der Waals surface area contributed by atoms with Gasteiger partial charge in [0.2, 0.25) is 0 Å². The Balaban J connectivity index is 1.57. The lowest BCUT2D eigenvalue weighted by atomic mass is 9.94. The normalized spacial score (nSPS) is 15.2. The molecular formula is C24H29N5O2S. The second-order valence-electron chi connectivity index (χ2n) is 8.60. The fourth-order valence-corrected chi connectivity index (χ4v) is 3.77. The van der Waals surface area contributed by atoms with E-state index in [-0.39, 0.29) is 5.41 Å². The Morgan fingerprint density at radius 2 is 1.94 bits per heavy atom. The van der Waals surface area contributed by atoms with Crippen LogP contribution in [0.5, 0.6) is 0 Å². The van der Waals surface area contributed by atoms with Crippen molar-refractivity contribution >= 4 is 23.2 Å². The molecule has 0 bridgehead atoms. The van der Waals surface area contributed by atoms with Crippen molar-refractivity contribution in [3.63, 3.8) is 0 Å². The lowest BCUT2D eigenvalue weighted by Crippen LogP contribution is -2.24. The molecule has 1 aliphatic rings. The van der Waals surface area contributed by atoms with Crippen molar-refractivity contribution in [3.8, 4) is 6.07 Å². The third kappa shape index (κ3) is 6.07. The zero-order valence-electron chi connectivity index (χ0n) is 19.3. The molecule has 0 aromatic carbocycles. The number of aryl methyl sites for hydroxylation is 2. The Labute approximate surface area is 193 Å². The molecule has 0 fully saturated rings. The number of nitriles is 1. The highest BCUT2D eigenvalue weighted by atomic mass is 32.2. The Morgan fingerprint density at radius 3 is 2.69 bits per heavy atom. The van der Waals surface area contributed by atoms with Gasteiger partial charge in [0.05, 0.1) is 17.0 Å². The molecule has 0 amide bonds. The van der Waals surface area contributed by atoms with E-state index < -0.39 is 0 Å². The monoisotopic (exact) mass is 451 g/mol. The summed E-state index contributed by atoms with van der Waals surface area (Å²) in [5, 5.41) is 18.4. The van der Waals surface area contributed by atoms with Gasteiger partial charge in [-0.2, -0.15) is 5.26 Å². The number of oxime groups is 2. The first-order chi connectivity index (χ1) is 15.3. The summed E-state index contributed by atoms with van der Waals surface area (Å²) in [6.07, 6.45) is 4.86. The summed E-state index contributed by atoms with van der Waals surface area (Å²) < 4.78 is 0. The van der Waals surface area contributed by atoms with Crippen molar-refractivity contribution in [3.05, 3.63) is 52.5 Å². The number of thioether (sulfide) groups is 1. The predicted octanol–water partition coefficient (Wildman–Crippen LogP) is 4.90. The van der Waals surface area contributed by atoms with E-state index in [0.717, 1.165) is 36.4 Å². The molecule has 32 heavy (non-hydrogen) atoms. The summed E-state index contributed by atoms with van der Waals surface area (Å²) in [5.74, 6) is 0. The largest absolute Gasteiger partial charge is 0.395 e. The van der Waals surface area contributed by atoms with Crippen molar-refractivity contribution in [2.75, 3.05) is 19.5 Å². The summed E-state index contributed by atoms with van der Waals surface area (Å²) in [6.45, 7) is 8.68. The number of aromatic nitrogens is 2. The van der Waals surface area contributed by atoms with E-state index in [4.69, 9.17) is 14.9 Å². The number of pyridine rings is 2. The third-order valence-corrected chi connectivity index (χ3v) is 5.78. The lowest BCUT2D eigenvalue weighted by molar-refractivity contribution is -0.000160. The molecule has 0 N–H and O–H groups in total. The number of rotatable bonds is 8. The molecule has 0 unspecified atom stereocenters. The molecule has 168 valence electrons. The number of hydrogen-bond acceptors (Lipinski definition) is 8. The van der Waals surface area contributed by atoms with E-state index in [1.807, 2.05) is 40.0 Å². The van der Waals surface area contributed by atoms with Crippen molar-refractivity contribution in [2.24, 2.45) is 15.7 Å². The van der Waals surface area contributed by atoms with Crippen LogP contribution in [0.3, 0.4) is 0 Å². The topological polar surface area (TPSA) is 92.8 Å². The molecule has 0 atom stereocenters. The predicted molar refractivity (Wildman–Crippen MR) is 127 cm³/mol. The van der Waals surface area contributed by atoms with Crippen LogP contribution in [-0.4, -0.2) is 40.9 Å². The van der Waals surface area contributed by atoms with Crippen molar-refractivity contribution < 1.29 is 9.68 Å². The van der Waals surface area contributed by atoms with Gasteiger partial charge in [-0.1, -0.05) is 30.2 Å². The summed E-state index contributed by atoms with van der Waals surface area (Å²) >= 11 is 1.43. The first-order valence-electron chi connectivity index (χ1n) is 10.6. The molecule has 2 aromatic rings. The van der Waals surface area contributed by atoms with Crippen molar-refractivity contribution in [1.29, 1.82) is 5.26 Å². The minimum absolute atomic E-state index is 0.284. The molecule has 0 radical (unpaired) electrons. The molecule has 7 nitrogen and oxygen atoms in total. The van der Waals surface area contributed by atoms with Gasteiger partial charge in [-0.05, 0) is 63.1 Å². The fraction of sp³-hybridized carbons (Fsp3) is 0.458. The van der Waals surface area contributed by atoms with Crippen LogP contribution in [-0.2, 0) is 16.1 Å². The maximum absolute atomic E-state index is 9.14. The van der Waals surface area contributed by atoms with E-state index in [1.54, 1.807) is 12.1 Å². The van der Waals surface area contributed by atoms with Crippen LogP contribution in [0, 0.1) is 23.7 Å². The molecule has 8 heteroatoms. The van der Waals surface area contributed by atoms with Gasteiger partial charge in [0.1, 0.15) is 35.7 Å². The highest BCUT2D eigenvalue weighted by molar-refractivity contribution is 7.98. The van der Waals surface area contributed by atoms with Crippen LogP contribution < -0.4 is 0 Å². The average Bonchev–Trinajstić information content (AvgIpc) is 2.78. The molecule has 0 saturated carbocycles. The van der Waals surface area contributed by atoms with Gasteiger partial charge in [0.25, 0.3) is 0 Å². The van der Waals surface area contributed by atoms with E-state index in [0.29, 0.717) is 35.2 Å². The van der Waals surface area contributed by atoms with Crippen molar-refractivity contribution in [1.82, 2.24) is 9.97 Å². The van der Waals surface area contributed by atoms with Crippen LogP contribution in [0.15, 0.2) is 39.6 Å². The molecule has 2 heterocycles. The zero-order valence-corrected chi connectivity index (χ0v) is 20.1. The van der Waals surface area contributed by atoms with Crippen LogP contribution in [0.4, 0.5) is 0 Å². The van der Waals surface area contributed by atoms with Gasteiger partial charge in [0.15, 0.2) is 0 Å². The zero-order chi connectivity index (χ0) is 23.1. The van der Waals surface area contributed by atoms with Crippen LogP contribution in [0.1, 0.15) is 61.8 Å². The molecule has 0 saturated heterocycles. The molecule has 0 spiro atoms. The highest BCUT2D eigenvalue weighted by Gasteiger charge is 2.22. The maximum Gasteiger partial charge on any atom is 0.125 e.